The molecular weight excluding hydrogens is 264 g/mol. The number of aryl methyl sites for hydroxylation is 1. The third-order valence-electron chi connectivity index (χ3n) is 3.50. The van der Waals surface area contributed by atoms with Crippen LogP contribution in [0.15, 0.2) is 36.4 Å². The summed E-state index contributed by atoms with van der Waals surface area (Å²) in [5, 5.41) is 12.3. The molecule has 2 aromatic carbocycles. The largest absolute Gasteiger partial charge is 0.486 e. The Morgan fingerprint density at radius 2 is 1.90 bits per heavy atom. The molecule has 4 nitrogen and oxygen atoms in total. The molecule has 3 rings (SSSR count). The first-order valence-electron chi connectivity index (χ1n) is 6.89. The molecule has 2 aromatic rings. The van der Waals surface area contributed by atoms with Gasteiger partial charge in [-0.1, -0.05) is 6.07 Å². The minimum atomic E-state index is 0.588. The minimum absolute atomic E-state index is 0.588. The van der Waals surface area contributed by atoms with Crippen molar-refractivity contribution in [1.29, 1.82) is 5.26 Å². The highest BCUT2D eigenvalue weighted by Crippen LogP contribution is 2.32. The van der Waals surface area contributed by atoms with Gasteiger partial charge in [-0.2, -0.15) is 5.26 Å². The summed E-state index contributed by atoms with van der Waals surface area (Å²) in [7, 11) is 0. The average molecular weight is 280 g/mol. The van der Waals surface area contributed by atoms with Crippen molar-refractivity contribution in [3.63, 3.8) is 0 Å². The summed E-state index contributed by atoms with van der Waals surface area (Å²) in [5.74, 6) is 1.57. The average Bonchev–Trinajstić information content (AvgIpc) is 2.53. The van der Waals surface area contributed by atoms with E-state index in [-0.39, 0.29) is 0 Å². The number of nitrogens with zero attached hydrogens (tertiary/aromatic N) is 1. The van der Waals surface area contributed by atoms with Crippen LogP contribution in [0.4, 0.5) is 5.69 Å². The lowest BCUT2D eigenvalue weighted by Gasteiger charge is -2.19. The predicted molar refractivity (Wildman–Crippen MR) is 80.7 cm³/mol. The first-order chi connectivity index (χ1) is 10.3. The maximum Gasteiger partial charge on any atom is 0.163 e. The standard InChI is InChI=1S/C17H16N2O2/c1-12-8-13(10-18)2-3-14(12)11-19-15-4-5-16-17(9-15)21-7-6-20-16/h2-5,8-9,19H,6-7,11H2,1H3. The van der Waals surface area contributed by atoms with Crippen LogP contribution < -0.4 is 14.8 Å². The number of rotatable bonds is 3. The van der Waals surface area contributed by atoms with E-state index in [1.54, 1.807) is 0 Å². The molecule has 1 aliphatic rings. The minimum Gasteiger partial charge on any atom is -0.486 e. The Labute approximate surface area is 123 Å². The summed E-state index contributed by atoms with van der Waals surface area (Å²) in [6.45, 7) is 3.91. The second-order valence-corrected chi connectivity index (χ2v) is 4.97. The van der Waals surface area contributed by atoms with Gasteiger partial charge in [-0.3, -0.25) is 0 Å². The predicted octanol–water partition coefficient (Wildman–Crippen LogP) is 3.25. The van der Waals surface area contributed by atoms with Crippen molar-refractivity contribution in [3.05, 3.63) is 53.1 Å². The lowest BCUT2D eigenvalue weighted by Crippen LogP contribution is -2.15. The van der Waals surface area contributed by atoms with Gasteiger partial charge in [0.15, 0.2) is 11.5 Å². The van der Waals surface area contributed by atoms with E-state index in [1.807, 2.05) is 43.3 Å². The normalized spacial score (nSPS) is 12.6. The topological polar surface area (TPSA) is 54.3 Å². The number of fused-ring (bicyclic) bond motifs is 1. The molecule has 0 aromatic heterocycles. The van der Waals surface area contributed by atoms with E-state index in [4.69, 9.17) is 14.7 Å². The highest BCUT2D eigenvalue weighted by molar-refractivity contribution is 5.55. The molecule has 21 heavy (non-hydrogen) atoms. The molecule has 1 heterocycles. The van der Waals surface area contributed by atoms with E-state index in [1.165, 1.54) is 5.56 Å². The quantitative estimate of drug-likeness (QED) is 0.937. The zero-order valence-corrected chi connectivity index (χ0v) is 11.8. The molecule has 1 aliphatic heterocycles. The molecule has 0 radical (unpaired) electrons. The molecule has 0 saturated heterocycles. The van der Waals surface area contributed by atoms with Gasteiger partial charge in [-0.25, -0.2) is 0 Å². The summed E-state index contributed by atoms with van der Waals surface area (Å²) in [6, 6.07) is 13.7. The maximum atomic E-state index is 8.88. The molecule has 0 atom stereocenters. The smallest absolute Gasteiger partial charge is 0.163 e. The SMILES string of the molecule is Cc1cc(C#N)ccc1CNc1ccc2c(c1)OCCO2. The second-order valence-electron chi connectivity index (χ2n) is 4.97. The molecule has 0 amide bonds. The molecule has 1 N–H and O–H groups in total. The Bertz CT molecular complexity index is 704. The van der Waals surface area contributed by atoms with Crippen LogP contribution in [0.25, 0.3) is 0 Å². The van der Waals surface area contributed by atoms with Crippen LogP contribution in [0.2, 0.25) is 0 Å². The molecule has 0 bridgehead atoms. The number of nitriles is 1. The summed E-state index contributed by atoms with van der Waals surface area (Å²) in [6.07, 6.45) is 0. The highest BCUT2D eigenvalue weighted by atomic mass is 16.6. The van der Waals surface area contributed by atoms with Crippen LogP contribution >= 0.6 is 0 Å². The van der Waals surface area contributed by atoms with Crippen LogP contribution in [-0.2, 0) is 6.54 Å². The first kappa shape index (κ1) is 13.3. The molecule has 0 aliphatic carbocycles. The monoisotopic (exact) mass is 280 g/mol. The van der Waals surface area contributed by atoms with E-state index in [0.717, 1.165) is 22.7 Å². The summed E-state index contributed by atoms with van der Waals surface area (Å²) >= 11 is 0. The third kappa shape index (κ3) is 2.92. The number of hydrogen-bond donors (Lipinski definition) is 1. The number of ether oxygens (including phenoxy) is 2. The van der Waals surface area contributed by atoms with E-state index in [0.29, 0.717) is 25.3 Å². The van der Waals surface area contributed by atoms with Crippen LogP contribution in [0.5, 0.6) is 11.5 Å². The van der Waals surface area contributed by atoms with Crippen LogP contribution in [0, 0.1) is 18.3 Å². The van der Waals surface area contributed by atoms with Crippen molar-refractivity contribution >= 4 is 5.69 Å². The maximum absolute atomic E-state index is 8.88. The summed E-state index contributed by atoms with van der Waals surface area (Å²) in [5.41, 5.74) is 3.96. The van der Waals surface area contributed by atoms with Crippen molar-refractivity contribution < 1.29 is 9.47 Å². The zero-order valence-electron chi connectivity index (χ0n) is 11.8. The van der Waals surface area contributed by atoms with Crippen molar-refractivity contribution in [2.24, 2.45) is 0 Å². The first-order valence-corrected chi connectivity index (χ1v) is 6.89. The third-order valence-corrected chi connectivity index (χ3v) is 3.50. The Morgan fingerprint density at radius 3 is 2.67 bits per heavy atom. The highest BCUT2D eigenvalue weighted by Gasteiger charge is 2.11. The van der Waals surface area contributed by atoms with Gasteiger partial charge in [0, 0.05) is 18.3 Å². The number of hydrogen-bond acceptors (Lipinski definition) is 4. The van der Waals surface area contributed by atoms with E-state index < -0.39 is 0 Å². The van der Waals surface area contributed by atoms with E-state index >= 15 is 0 Å². The number of benzene rings is 2. The van der Waals surface area contributed by atoms with Gasteiger partial charge < -0.3 is 14.8 Å². The molecule has 106 valence electrons. The van der Waals surface area contributed by atoms with Crippen molar-refractivity contribution in [2.75, 3.05) is 18.5 Å². The fourth-order valence-electron chi connectivity index (χ4n) is 2.31. The van der Waals surface area contributed by atoms with Gasteiger partial charge >= 0.3 is 0 Å². The van der Waals surface area contributed by atoms with Gasteiger partial charge in [0.2, 0.25) is 0 Å². The lowest BCUT2D eigenvalue weighted by molar-refractivity contribution is 0.171. The molecule has 0 fully saturated rings. The van der Waals surface area contributed by atoms with Gasteiger partial charge in [-0.05, 0) is 42.3 Å². The Hall–Kier alpha value is -2.67. The van der Waals surface area contributed by atoms with Gasteiger partial charge in [0.1, 0.15) is 13.2 Å². The number of anilines is 1. The Balaban J connectivity index is 1.72. The van der Waals surface area contributed by atoms with E-state index in [9.17, 15) is 0 Å². The fraction of sp³-hybridized carbons (Fsp3) is 0.235. The van der Waals surface area contributed by atoms with E-state index in [2.05, 4.69) is 11.4 Å². The van der Waals surface area contributed by atoms with Crippen molar-refractivity contribution in [3.8, 4) is 17.6 Å². The summed E-state index contributed by atoms with van der Waals surface area (Å²) in [4.78, 5) is 0. The molecule has 0 spiro atoms. The molecular formula is C17H16N2O2. The van der Waals surface area contributed by atoms with Gasteiger partial charge in [0.05, 0.1) is 11.6 Å². The Morgan fingerprint density at radius 1 is 1.10 bits per heavy atom. The fourth-order valence-corrected chi connectivity index (χ4v) is 2.31. The zero-order chi connectivity index (χ0) is 14.7. The van der Waals surface area contributed by atoms with Crippen molar-refractivity contribution in [1.82, 2.24) is 0 Å². The van der Waals surface area contributed by atoms with Crippen LogP contribution in [0.1, 0.15) is 16.7 Å². The van der Waals surface area contributed by atoms with Gasteiger partial charge in [-0.15, -0.1) is 0 Å². The van der Waals surface area contributed by atoms with Crippen molar-refractivity contribution in [2.45, 2.75) is 13.5 Å². The molecule has 0 saturated carbocycles. The second kappa shape index (κ2) is 5.76. The lowest BCUT2D eigenvalue weighted by atomic mass is 10.1. The Kier molecular flexibility index (Phi) is 3.65. The van der Waals surface area contributed by atoms with Gasteiger partial charge in [0.25, 0.3) is 0 Å². The summed E-state index contributed by atoms with van der Waals surface area (Å²) < 4.78 is 11.1. The molecule has 0 unspecified atom stereocenters. The van der Waals surface area contributed by atoms with Crippen LogP contribution in [-0.4, -0.2) is 13.2 Å². The van der Waals surface area contributed by atoms with Crippen LogP contribution in [0.3, 0.4) is 0 Å². The molecule has 4 heteroatoms. The number of nitrogens with one attached hydrogen (secondary N) is 1.